The van der Waals surface area contributed by atoms with Gasteiger partial charge in [-0.1, -0.05) is 36.4 Å². The first-order valence-electron chi connectivity index (χ1n) is 8.17. The van der Waals surface area contributed by atoms with E-state index in [1.165, 1.54) is 0 Å². The third-order valence-electron chi connectivity index (χ3n) is 4.50. The predicted octanol–water partition coefficient (Wildman–Crippen LogP) is 3.61. The van der Waals surface area contributed by atoms with Gasteiger partial charge in [0.05, 0.1) is 13.2 Å². The van der Waals surface area contributed by atoms with Gasteiger partial charge in [-0.25, -0.2) is 0 Å². The lowest BCUT2D eigenvalue weighted by Crippen LogP contribution is -2.54. The summed E-state index contributed by atoms with van der Waals surface area (Å²) < 4.78 is 10.4. The van der Waals surface area contributed by atoms with Crippen molar-refractivity contribution >= 4 is 17.5 Å². The molecule has 4 nitrogen and oxygen atoms in total. The van der Waals surface area contributed by atoms with Gasteiger partial charge in [-0.05, 0) is 44.7 Å². The zero-order chi connectivity index (χ0) is 16.9. The monoisotopic (exact) mass is 316 g/mol. The van der Waals surface area contributed by atoms with E-state index in [0.717, 1.165) is 17.6 Å². The molecule has 1 aliphatic rings. The number of rotatable bonds is 6. The van der Waals surface area contributed by atoms with Crippen molar-refractivity contribution in [1.29, 1.82) is 0 Å². The maximum absolute atomic E-state index is 12.6. The molecular weight excluding hydrogens is 292 g/mol. The minimum absolute atomic E-state index is 0.201. The highest BCUT2D eigenvalue weighted by Crippen LogP contribution is 2.54. The summed E-state index contributed by atoms with van der Waals surface area (Å²) in [7, 11) is 0. The molecule has 0 bridgehead atoms. The number of hydrogen-bond acceptors (Lipinski definition) is 4. The number of hydrogen-bond donors (Lipinski definition) is 0. The van der Waals surface area contributed by atoms with Gasteiger partial charge in [-0.15, -0.1) is 0 Å². The van der Waals surface area contributed by atoms with Crippen LogP contribution in [0.1, 0.15) is 39.2 Å². The summed E-state index contributed by atoms with van der Waals surface area (Å²) in [5.74, 6) is -1.14. The average Bonchev–Trinajstić information content (AvgIpc) is 2.53. The van der Waals surface area contributed by atoms with E-state index in [2.05, 4.69) is 0 Å². The molecule has 1 fully saturated rings. The third-order valence-corrected chi connectivity index (χ3v) is 4.50. The Morgan fingerprint density at radius 1 is 1.13 bits per heavy atom. The Bertz CT molecular complexity index is 571. The molecule has 0 spiro atoms. The quantitative estimate of drug-likeness (QED) is 0.594. The van der Waals surface area contributed by atoms with Crippen molar-refractivity contribution in [2.24, 2.45) is 11.3 Å². The van der Waals surface area contributed by atoms with Crippen molar-refractivity contribution in [2.45, 2.75) is 33.6 Å². The summed E-state index contributed by atoms with van der Waals surface area (Å²) in [6, 6.07) is 9.84. The van der Waals surface area contributed by atoms with Gasteiger partial charge in [-0.2, -0.15) is 0 Å². The fourth-order valence-corrected chi connectivity index (χ4v) is 3.29. The van der Waals surface area contributed by atoms with Crippen molar-refractivity contribution < 1.29 is 19.1 Å². The SMILES string of the molecule is C/C=C(\c1ccccc1)C1CCC1(C(=O)OCC)C(=O)OCC. The lowest BCUT2D eigenvalue weighted by Gasteiger charge is -2.46. The van der Waals surface area contributed by atoms with Gasteiger partial charge in [0.25, 0.3) is 0 Å². The van der Waals surface area contributed by atoms with Crippen LogP contribution < -0.4 is 0 Å². The first-order chi connectivity index (χ1) is 11.1. The van der Waals surface area contributed by atoms with E-state index in [1.54, 1.807) is 13.8 Å². The van der Waals surface area contributed by atoms with Crippen molar-refractivity contribution in [3.63, 3.8) is 0 Å². The Balaban J connectivity index is 2.40. The summed E-state index contributed by atoms with van der Waals surface area (Å²) in [6.45, 7) is 5.94. The maximum atomic E-state index is 12.6. The molecular formula is C19H24O4. The van der Waals surface area contributed by atoms with E-state index in [9.17, 15) is 9.59 Å². The zero-order valence-corrected chi connectivity index (χ0v) is 14.0. The van der Waals surface area contributed by atoms with Crippen LogP contribution in [0.3, 0.4) is 0 Å². The van der Waals surface area contributed by atoms with Crippen LogP contribution >= 0.6 is 0 Å². The molecule has 1 atom stereocenters. The van der Waals surface area contributed by atoms with Crippen LogP contribution in [0.2, 0.25) is 0 Å². The van der Waals surface area contributed by atoms with E-state index in [4.69, 9.17) is 9.47 Å². The Morgan fingerprint density at radius 2 is 1.70 bits per heavy atom. The van der Waals surface area contributed by atoms with Crippen LogP contribution in [-0.4, -0.2) is 25.2 Å². The molecule has 0 saturated heterocycles. The highest BCUT2D eigenvalue weighted by Gasteiger charge is 2.61. The molecule has 0 aliphatic heterocycles. The number of ether oxygens (including phenoxy) is 2. The second kappa shape index (κ2) is 7.44. The van der Waals surface area contributed by atoms with Crippen LogP contribution in [-0.2, 0) is 19.1 Å². The molecule has 1 saturated carbocycles. The summed E-state index contributed by atoms with van der Waals surface area (Å²) in [5.41, 5.74) is 0.819. The molecule has 4 heteroatoms. The first-order valence-corrected chi connectivity index (χ1v) is 8.17. The fourth-order valence-electron chi connectivity index (χ4n) is 3.29. The van der Waals surface area contributed by atoms with E-state index < -0.39 is 17.4 Å². The number of allylic oxidation sites excluding steroid dienone is 2. The number of carbonyl (C=O) groups excluding carboxylic acids is 2. The highest BCUT2D eigenvalue weighted by molar-refractivity contribution is 6.04. The smallest absolute Gasteiger partial charge is 0.324 e. The van der Waals surface area contributed by atoms with Crippen LogP contribution in [0.15, 0.2) is 36.4 Å². The van der Waals surface area contributed by atoms with Gasteiger partial charge >= 0.3 is 11.9 Å². The molecule has 1 aliphatic carbocycles. The first kappa shape index (κ1) is 17.3. The molecule has 0 aromatic heterocycles. The Kier molecular flexibility index (Phi) is 5.59. The van der Waals surface area contributed by atoms with Gasteiger partial charge in [0.15, 0.2) is 5.41 Å². The molecule has 0 amide bonds. The Labute approximate surface area is 137 Å². The highest BCUT2D eigenvalue weighted by atomic mass is 16.6. The van der Waals surface area contributed by atoms with E-state index in [0.29, 0.717) is 6.42 Å². The molecule has 0 radical (unpaired) electrons. The van der Waals surface area contributed by atoms with Crippen molar-refractivity contribution in [1.82, 2.24) is 0 Å². The zero-order valence-electron chi connectivity index (χ0n) is 14.0. The van der Waals surface area contributed by atoms with Crippen LogP contribution in [0.4, 0.5) is 0 Å². The van der Waals surface area contributed by atoms with Crippen LogP contribution in [0.25, 0.3) is 5.57 Å². The molecule has 0 N–H and O–H groups in total. The van der Waals surface area contributed by atoms with Gasteiger partial charge in [0.2, 0.25) is 0 Å². The van der Waals surface area contributed by atoms with Crippen LogP contribution in [0.5, 0.6) is 0 Å². The lowest BCUT2D eigenvalue weighted by atomic mass is 9.56. The van der Waals surface area contributed by atoms with Gasteiger partial charge in [0.1, 0.15) is 0 Å². The minimum Gasteiger partial charge on any atom is -0.465 e. The number of carbonyl (C=O) groups is 2. The molecule has 0 heterocycles. The normalized spacial score (nSPS) is 19.6. The number of benzene rings is 1. The topological polar surface area (TPSA) is 52.6 Å². The lowest BCUT2D eigenvalue weighted by molar-refractivity contribution is -0.183. The van der Waals surface area contributed by atoms with Crippen molar-refractivity contribution in [3.05, 3.63) is 42.0 Å². The van der Waals surface area contributed by atoms with Crippen molar-refractivity contribution in [2.75, 3.05) is 13.2 Å². The molecule has 124 valence electrons. The molecule has 1 unspecified atom stereocenters. The van der Waals surface area contributed by atoms with Gasteiger partial charge in [-0.3, -0.25) is 9.59 Å². The van der Waals surface area contributed by atoms with E-state index >= 15 is 0 Å². The molecule has 23 heavy (non-hydrogen) atoms. The summed E-state index contributed by atoms with van der Waals surface area (Å²) in [4.78, 5) is 25.2. The van der Waals surface area contributed by atoms with Gasteiger partial charge < -0.3 is 9.47 Å². The molecule has 2 rings (SSSR count). The molecule has 1 aromatic carbocycles. The standard InChI is InChI=1S/C19H24O4/c1-4-15(14-10-8-7-9-11-14)16-12-13-19(16,17(20)22-5-2)18(21)23-6-3/h4,7-11,16H,5-6,12-13H2,1-3H3/b15-4+. The third kappa shape index (κ3) is 3.03. The second-order valence-corrected chi connectivity index (χ2v) is 5.61. The molecule has 1 aromatic rings. The van der Waals surface area contributed by atoms with Crippen molar-refractivity contribution in [3.8, 4) is 0 Å². The largest absolute Gasteiger partial charge is 0.465 e. The maximum Gasteiger partial charge on any atom is 0.324 e. The summed E-state index contributed by atoms with van der Waals surface area (Å²) >= 11 is 0. The van der Waals surface area contributed by atoms with E-state index in [-0.39, 0.29) is 19.1 Å². The van der Waals surface area contributed by atoms with Crippen LogP contribution in [0, 0.1) is 11.3 Å². The predicted molar refractivity (Wildman–Crippen MR) is 88.5 cm³/mol. The van der Waals surface area contributed by atoms with E-state index in [1.807, 2.05) is 43.3 Å². The Hall–Kier alpha value is -2.10. The summed E-state index contributed by atoms with van der Waals surface area (Å²) in [5, 5.41) is 0. The second-order valence-electron chi connectivity index (χ2n) is 5.61. The summed E-state index contributed by atoms with van der Waals surface area (Å²) in [6.07, 6.45) is 3.22. The minimum atomic E-state index is -1.20. The Morgan fingerprint density at radius 3 is 2.09 bits per heavy atom. The fraction of sp³-hybridized carbons (Fsp3) is 0.474. The van der Waals surface area contributed by atoms with Gasteiger partial charge in [0, 0.05) is 5.92 Å². The average molecular weight is 316 g/mol. The number of esters is 2.